The molecule has 1 aliphatic rings. The second kappa shape index (κ2) is 11.2. The van der Waals surface area contributed by atoms with Crippen LogP contribution in [-0.4, -0.2) is 37.4 Å². The molecule has 2 heterocycles. The van der Waals surface area contributed by atoms with E-state index >= 15 is 0 Å². The molecule has 3 aromatic rings. The Morgan fingerprint density at radius 3 is 2.09 bits per heavy atom. The number of aromatic nitrogens is 2. The number of benzene rings is 2. The molecule has 0 N–H and O–H groups in total. The van der Waals surface area contributed by atoms with Crippen LogP contribution in [-0.2, 0) is 18.8 Å². The van der Waals surface area contributed by atoms with E-state index < -0.39 is 9.85 Å². The summed E-state index contributed by atoms with van der Waals surface area (Å²) in [6, 6.07) is 12.9. The monoisotopic (exact) mass is 495 g/mol. The smallest absolute Gasteiger partial charge is 0.278 e. The molecular formula is C24H25N5O5S. The van der Waals surface area contributed by atoms with Crippen molar-refractivity contribution in [2.75, 3.05) is 13.1 Å². The minimum absolute atomic E-state index is 0.00527. The zero-order valence-corrected chi connectivity index (χ0v) is 19.9. The fourth-order valence-electron chi connectivity index (χ4n) is 4.18. The summed E-state index contributed by atoms with van der Waals surface area (Å²) in [5.74, 6) is 0.228. The number of rotatable bonds is 9. The van der Waals surface area contributed by atoms with E-state index in [1.807, 2.05) is 0 Å². The van der Waals surface area contributed by atoms with Crippen LogP contribution in [0.3, 0.4) is 0 Å². The molecule has 11 heteroatoms. The van der Waals surface area contributed by atoms with Gasteiger partial charge in [0.1, 0.15) is 0 Å². The summed E-state index contributed by atoms with van der Waals surface area (Å²) in [4.78, 5) is 41.5. The van der Waals surface area contributed by atoms with Gasteiger partial charge in [0.25, 0.3) is 16.9 Å². The Bertz CT molecular complexity index is 1290. The van der Waals surface area contributed by atoms with Gasteiger partial charge >= 0.3 is 0 Å². The number of likely N-dealkylation sites (tertiary alicyclic amines) is 1. The van der Waals surface area contributed by atoms with Gasteiger partial charge in [0.05, 0.1) is 16.4 Å². The van der Waals surface area contributed by atoms with Crippen molar-refractivity contribution in [2.45, 2.75) is 43.3 Å². The highest BCUT2D eigenvalue weighted by molar-refractivity contribution is 7.98. The molecular weight excluding hydrogens is 470 g/mol. The summed E-state index contributed by atoms with van der Waals surface area (Å²) in [5.41, 5.74) is 1.15. The molecule has 2 aromatic carbocycles. The van der Waals surface area contributed by atoms with Gasteiger partial charge in [-0.05, 0) is 25.9 Å². The first kappa shape index (κ1) is 24.6. The highest BCUT2D eigenvalue weighted by Gasteiger charge is 2.19. The molecule has 0 amide bonds. The standard InChI is InChI=1S/C24H25N5O5S/c30-23-20(14-26-12-6-1-7-13-26)16-27(15-18-8-2-4-10-21(18)28(31)32)24(25-23)35-17-19-9-3-5-11-22(19)29(33)34/h2-5,8-11,16H,1,6-7,12-15,17H2. The van der Waals surface area contributed by atoms with Crippen molar-refractivity contribution in [2.24, 2.45) is 0 Å². The summed E-state index contributed by atoms with van der Waals surface area (Å²) >= 11 is 1.20. The highest BCUT2D eigenvalue weighted by atomic mass is 32.2. The van der Waals surface area contributed by atoms with Crippen molar-refractivity contribution in [1.29, 1.82) is 0 Å². The number of thioether (sulfide) groups is 1. The summed E-state index contributed by atoms with van der Waals surface area (Å²) in [6.07, 6.45) is 5.07. The van der Waals surface area contributed by atoms with Crippen molar-refractivity contribution in [1.82, 2.24) is 14.5 Å². The van der Waals surface area contributed by atoms with Crippen molar-refractivity contribution < 1.29 is 9.85 Å². The van der Waals surface area contributed by atoms with Gasteiger partial charge in [0.2, 0.25) is 0 Å². The Kier molecular flexibility index (Phi) is 7.88. The van der Waals surface area contributed by atoms with Crippen LogP contribution in [0.25, 0.3) is 0 Å². The average Bonchev–Trinajstić information content (AvgIpc) is 2.86. The van der Waals surface area contributed by atoms with E-state index in [2.05, 4.69) is 9.88 Å². The number of hydrogen-bond acceptors (Lipinski definition) is 8. The van der Waals surface area contributed by atoms with E-state index in [4.69, 9.17) is 0 Å². The maximum atomic E-state index is 12.9. The maximum Gasteiger partial charge on any atom is 0.278 e. The second-order valence-corrected chi connectivity index (χ2v) is 9.32. The van der Waals surface area contributed by atoms with E-state index in [9.17, 15) is 25.0 Å². The normalized spacial score (nSPS) is 14.1. The molecule has 4 rings (SSSR count). The minimum Gasteiger partial charge on any atom is -0.322 e. The largest absolute Gasteiger partial charge is 0.322 e. The fraction of sp³-hybridized carbons (Fsp3) is 0.333. The van der Waals surface area contributed by atoms with Gasteiger partial charge in [-0.15, -0.1) is 0 Å². The molecule has 0 bridgehead atoms. The van der Waals surface area contributed by atoms with E-state index in [1.165, 1.54) is 30.3 Å². The van der Waals surface area contributed by atoms with Crippen LogP contribution >= 0.6 is 11.8 Å². The van der Waals surface area contributed by atoms with Gasteiger partial charge in [0.15, 0.2) is 5.16 Å². The number of para-hydroxylation sites is 2. The lowest BCUT2D eigenvalue weighted by atomic mass is 10.1. The summed E-state index contributed by atoms with van der Waals surface area (Å²) in [6.45, 7) is 2.45. The van der Waals surface area contributed by atoms with E-state index in [0.717, 1.165) is 25.9 Å². The Morgan fingerprint density at radius 2 is 1.43 bits per heavy atom. The quantitative estimate of drug-likeness (QED) is 0.185. The average molecular weight is 496 g/mol. The Morgan fingerprint density at radius 1 is 0.829 bits per heavy atom. The van der Waals surface area contributed by atoms with Gasteiger partial charge in [-0.2, -0.15) is 4.98 Å². The summed E-state index contributed by atoms with van der Waals surface area (Å²) in [7, 11) is 0. The fourth-order valence-corrected chi connectivity index (χ4v) is 5.14. The van der Waals surface area contributed by atoms with Crippen molar-refractivity contribution in [3.63, 3.8) is 0 Å². The number of nitro groups is 2. The first-order chi connectivity index (χ1) is 16.9. The lowest BCUT2D eigenvalue weighted by Crippen LogP contribution is -2.32. The molecule has 0 spiro atoms. The van der Waals surface area contributed by atoms with Crippen molar-refractivity contribution in [3.05, 3.63) is 102 Å². The summed E-state index contributed by atoms with van der Waals surface area (Å²) in [5, 5.41) is 23.3. The van der Waals surface area contributed by atoms with E-state index in [-0.39, 0.29) is 29.2 Å². The molecule has 0 atom stereocenters. The van der Waals surface area contributed by atoms with Crippen molar-refractivity contribution >= 4 is 23.1 Å². The van der Waals surface area contributed by atoms with Crippen LogP contribution in [0.4, 0.5) is 11.4 Å². The number of nitro benzene ring substituents is 2. The van der Waals surface area contributed by atoms with Gasteiger partial charge < -0.3 is 4.57 Å². The number of hydrogen-bond donors (Lipinski definition) is 0. The SMILES string of the molecule is O=c1nc(SCc2ccccc2[N+](=O)[O-])n(Cc2ccccc2[N+](=O)[O-])cc1CN1CCCCC1. The molecule has 1 fully saturated rings. The molecule has 0 saturated carbocycles. The number of nitrogens with zero attached hydrogens (tertiary/aromatic N) is 5. The lowest BCUT2D eigenvalue weighted by Gasteiger charge is -2.26. The van der Waals surface area contributed by atoms with E-state index in [1.54, 1.807) is 47.2 Å². The van der Waals surface area contributed by atoms with Crippen molar-refractivity contribution in [3.8, 4) is 0 Å². The molecule has 1 saturated heterocycles. The molecule has 182 valence electrons. The summed E-state index contributed by atoms with van der Waals surface area (Å²) < 4.78 is 1.74. The Balaban J connectivity index is 1.68. The topological polar surface area (TPSA) is 124 Å². The van der Waals surface area contributed by atoms with Gasteiger partial charge in [-0.3, -0.25) is 29.9 Å². The third kappa shape index (κ3) is 6.11. The first-order valence-electron chi connectivity index (χ1n) is 11.3. The van der Waals surface area contributed by atoms with Crippen LogP contribution in [0.1, 0.15) is 36.0 Å². The van der Waals surface area contributed by atoms with Gasteiger partial charge in [-0.1, -0.05) is 54.6 Å². The van der Waals surface area contributed by atoms with Crippen LogP contribution in [0, 0.1) is 20.2 Å². The third-order valence-corrected chi connectivity index (χ3v) is 6.99. The number of piperidine rings is 1. The molecule has 35 heavy (non-hydrogen) atoms. The molecule has 0 radical (unpaired) electrons. The van der Waals surface area contributed by atoms with Gasteiger partial charge in [-0.25, -0.2) is 0 Å². The first-order valence-corrected chi connectivity index (χ1v) is 12.3. The molecule has 1 aromatic heterocycles. The van der Waals surface area contributed by atoms with Gasteiger partial charge in [0, 0.05) is 47.3 Å². The minimum atomic E-state index is -0.439. The maximum absolute atomic E-state index is 12.9. The van der Waals surface area contributed by atoms with E-state index in [0.29, 0.717) is 28.4 Å². The molecule has 1 aliphatic heterocycles. The third-order valence-electron chi connectivity index (χ3n) is 5.95. The highest BCUT2D eigenvalue weighted by Crippen LogP contribution is 2.28. The van der Waals surface area contributed by atoms with Crippen LogP contribution in [0.5, 0.6) is 0 Å². The lowest BCUT2D eigenvalue weighted by molar-refractivity contribution is -0.385. The Hall–Kier alpha value is -3.57. The molecule has 0 aliphatic carbocycles. The second-order valence-electron chi connectivity index (χ2n) is 8.38. The zero-order chi connectivity index (χ0) is 24.8. The Labute approximate surface area is 205 Å². The molecule has 10 nitrogen and oxygen atoms in total. The predicted octanol–water partition coefficient (Wildman–Crippen LogP) is 4.39. The van der Waals surface area contributed by atoms with Crippen LogP contribution in [0.2, 0.25) is 0 Å². The van der Waals surface area contributed by atoms with Crippen LogP contribution in [0.15, 0.2) is 64.7 Å². The molecule has 0 unspecified atom stereocenters. The zero-order valence-electron chi connectivity index (χ0n) is 19.0. The predicted molar refractivity (Wildman–Crippen MR) is 132 cm³/mol. The van der Waals surface area contributed by atoms with Crippen LogP contribution < -0.4 is 5.56 Å².